The molecule has 2 aliphatic heterocycles. The Balaban J connectivity index is 1.36. The van der Waals surface area contributed by atoms with Crippen LogP contribution in [0, 0.1) is 11.8 Å². The molecule has 4 rings (SSSR count). The minimum Gasteiger partial charge on any atom is -0.478 e. The maximum atomic E-state index is 12.3. The minimum absolute atomic E-state index is 0.131. The van der Waals surface area contributed by atoms with Crippen molar-refractivity contribution in [2.45, 2.75) is 37.9 Å². The first-order valence-corrected chi connectivity index (χ1v) is 10.5. The summed E-state index contributed by atoms with van der Waals surface area (Å²) in [5, 5.41) is 14.6. The zero-order valence-corrected chi connectivity index (χ0v) is 17.4. The number of nitrogens with zero attached hydrogens (tertiary/aromatic N) is 2. The van der Waals surface area contributed by atoms with Crippen LogP contribution in [0.1, 0.15) is 35.2 Å². The molecule has 2 aliphatic rings. The first-order valence-electron chi connectivity index (χ1n) is 10.5. The van der Waals surface area contributed by atoms with Gasteiger partial charge < -0.3 is 14.6 Å². The maximum absolute atomic E-state index is 12.3. The lowest BCUT2D eigenvalue weighted by atomic mass is 9.77. The third kappa shape index (κ3) is 4.94. The van der Waals surface area contributed by atoms with Gasteiger partial charge in [0.25, 0.3) is 0 Å². The van der Waals surface area contributed by atoms with Crippen LogP contribution in [-0.2, 0) is 11.2 Å². The molecule has 0 spiro atoms. The molecule has 162 valence electrons. The molecule has 7 nitrogen and oxygen atoms in total. The second kappa shape index (κ2) is 9.31. The summed E-state index contributed by atoms with van der Waals surface area (Å²) >= 11 is 0. The first kappa shape index (κ1) is 21.1. The Labute approximate surface area is 181 Å². The van der Waals surface area contributed by atoms with Crippen LogP contribution >= 0.6 is 0 Å². The molecule has 7 heteroatoms. The predicted octanol–water partition coefficient (Wildman–Crippen LogP) is 4.23. The number of benzene rings is 2. The van der Waals surface area contributed by atoms with Crippen LogP contribution < -0.4 is 4.74 Å². The predicted molar refractivity (Wildman–Crippen MR) is 115 cm³/mol. The molecule has 2 aromatic rings. The van der Waals surface area contributed by atoms with Crippen LogP contribution in [-0.4, -0.2) is 47.6 Å². The average molecular weight is 422 g/mol. The number of carboxylic acid groups (broad SMARTS) is 1. The van der Waals surface area contributed by atoms with Gasteiger partial charge in [0.05, 0.1) is 17.8 Å². The van der Waals surface area contributed by atoms with Crippen molar-refractivity contribution < 1.29 is 24.2 Å². The molecular weight excluding hydrogens is 396 g/mol. The normalized spacial score (nSPS) is 24.4. The summed E-state index contributed by atoms with van der Waals surface area (Å²) in [5.41, 5.74) is 1.40. The fourth-order valence-corrected chi connectivity index (χ4v) is 4.42. The first-order chi connectivity index (χ1) is 15.0. The number of carbonyl (C=O) groups excluding carboxylic acids is 1. The molecule has 0 radical (unpaired) electrons. The van der Waals surface area contributed by atoms with Gasteiger partial charge in [-0.1, -0.05) is 30.3 Å². The van der Waals surface area contributed by atoms with Gasteiger partial charge in [0.1, 0.15) is 5.75 Å². The molecule has 0 saturated carbocycles. The summed E-state index contributed by atoms with van der Waals surface area (Å²) in [6.07, 6.45) is 5.44. The zero-order valence-electron chi connectivity index (χ0n) is 17.4. The van der Waals surface area contributed by atoms with Gasteiger partial charge in [-0.05, 0) is 61.4 Å². The Morgan fingerprint density at radius 1 is 1.13 bits per heavy atom. The van der Waals surface area contributed by atoms with Crippen LogP contribution in [0.2, 0.25) is 0 Å². The van der Waals surface area contributed by atoms with E-state index in [0.29, 0.717) is 17.2 Å². The molecule has 0 aromatic heterocycles. The van der Waals surface area contributed by atoms with Crippen molar-refractivity contribution in [3.8, 4) is 5.75 Å². The van der Waals surface area contributed by atoms with Crippen LogP contribution in [0.5, 0.6) is 5.75 Å². The van der Waals surface area contributed by atoms with Crippen molar-refractivity contribution >= 4 is 18.3 Å². The number of aryl methyl sites for hydroxylation is 1. The Morgan fingerprint density at radius 3 is 2.55 bits per heavy atom. The van der Waals surface area contributed by atoms with Gasteiger partial charge in [0, 0.05) is 19.2 Å². The van der Waals surface area contributed by atoms with Crippen LogP contribution in [0.15, 0.2) is 59.7 Å². The van der Waals surface area contributed by atoms with Crippen LogP contribution in [0.25, 0.3) is 0 Å². The van der Waals surface area contributed by atoms with E-state index in [1.165, 1.54) is 5.01 Å². The molecule has 0 unspecified atom stereocenters. The lowest BCUT2D eigenvalue weighted by molar-refractivity contribution is 0.0696. The van der Waals surface area contributed by atoms with Crippen molar-refractivity contribution in [1.29, 1.82) is 0 Å². The smallest absolute Gasteiger partial charge is 0.435 e. The lowest BCUT2D eigenvalue weighted by Crippen LogP contribution is -2.31. The molecule has 2 saturated heterocycles. The van der Waals surface area contributed by atoms with Crippen molar-refractivity contribution in [3.63, 3.8) is 0 Å². The van der Waals surface area contributed by atoms with Crippen LogP contribution in [0.4, 0.5) is 4.79 Å². The number of hydrogen-bond donors (Lipinski definition) is 1. The number of carboxylic acids is 1. The lowest BCUT2D eigenvalue weighted by Gasteiger charge is -2.25. The highest BCUT2D eigenvalue weighted by molar-refractivity contribution is 5.87. The van der Waals surface area contributed by atoms with E-state index < -0.39 is 12.1 Å². The van der Waals surface area contributed by atoms with E-state index in [1.807, 2.05) is 24.4 Å². The van der Waals surface area contributed by atoms with Crippen molar-refractivity contribution in [1.82, 2.24) is 5.01 Å². The van der Waals surface area contributed by atoms with Crippen LogP contribution in [0.3, 0.4) is 0 Å². The molecule has 2 aromatic carbocycles. The quantitative estimate of drug-likeness (QED) is 0.533. The van der Waals surface area contributed by atoms with E-state index >= 15 is 0 Å². The number of fused-ring (bicyclic) bond motifs is 2. The van der Waals surface area contributed by atoms with Gasteiger partial charge in [0.15, 0.2) is 0 Å². The third-order valence-corrected chi connectivity index (χ3v) is 6.08. The van der Waals surface area contributed by atoms with Gasteiger partial charge in [-0.3, -0.25) is 0 Å². The molecule has 2 bridgehead atoms. The second-order valence-electron chi connectivity index (χ2n) is 8.04. The summed E-state index contributed by atoms with van der Waals surface area (Å²) in [4.78, 5) is 23.3. The monoisotopic (exact) mass is 422 g/mol. The highest BCUT2D eigenvalue weighted by atomic mass is 16.6. The highest BCUT2D eigenvalue weighted by Gasteiger charge is 2.47. The van der Waals surface area contributed by atoms with Gasteiger partial charge in [-0.25, -0.2) is 14.6 Å². The zero-order chi connectivity index (χ0) is 21.8. The van der Waals surface area contributed by atoms with Gasteiger partial charge in [0.2, 0.25) is 0 Å². The minimum atomic E-state index is -0.917. The number of carbonyl (C=O) groups is 2. The summed E-state index contributed by atoms with van der Waals surface area (Å²) in [7, 11) is 1.58. The Kier molecular flexibility index (Phi) is 6.32. The number of hydrogen-bond acceptors (Lipinski definition) is 5. The average Bonchev–Trinajstić information content (AvgIpc) is 3.38. The number of ether oxygens (including phenoxy) is 2. The van der Waals surface area contributed by atoms with Crippen molar-refractivity contribution in [2.24, 2.45) is 16.9 Å². The van der Waals surface area contributed by atoms with Gasteiger partial charge >= 0.3 is 12.1 Å². The summed E-state index contributed by atoms with van der Waals surface area (Å²) in [6, 6.07) is 15.9. The fraction of sp³-hybridized carbons (Fsp3) is 0.375. The number of rotatable bonds is 7. The second-order valence-corrected chi connectivity index (χ2v) is 8.04. The van der Waals surface area contributed by atoms with E-state index in [0.717, 1.165) is 31.2 Å². The SMILES string of the molecule is CN(N=C[C@H]1[C@H](CCc2ccc(C(=O)O)cc2)[C@H]2CC[C@@H]1O2)C(=O)Oc1ccccc1. The molecular formula is C24H26N2O5. The number of aromatic carboxylic acids is 1. The molecule has 2 fully saturated rings. The number of para-hydroxylation sites is 1. The Morgan fingerprint density at radius 2 is 1.84 bits per heavy atom. The molecule has 1 amide bonds. The molecule has 4 atom stereocenters. The standard InChI is InChI=1S/C24H26N2O5/c1-26(24(29)30-18-5-3-2-4-6-18)25-15-20-19(21-13-14-22(20)31-21)12-9-16-7-10-17(11-8-16)23(27)28/h2-8,10-11,15,19-22H,9,12-14H2,1H3,(H,27,28)/t19-,20-,21+,22-/m0/s1. The summed E-state index contributed by atoms with van der Waals surface area (Å²) in [5.74, 6) is 0.0213. The number of hydrazone groups is 1. The molecule has 1 N–H and O–H groups in total. The highest BCUT2D eigenvalue weighted by Crippen LogP contribution is 2.44. The van der Waals surface area contributed by atoms with E-state index in [-0.39, 0.29) is 18.1 Å². The van der Waals surface area contributed by atoms with Crippen molar-refractivity contribution in [2.75, 3.05) is 7.05 Å². The molecule has 0 aliphatic carbocycles. The molecule has 31 heavy (non-hydrogen) atoms. The third-order valence-electron chi connectivity index (χ3n) is 6.08. The Hall–Kier alpha value is -3.19. The van der Waals surface area contributed by atoms with E-state index in [4.69, 9.17) is 14.6 Å². The van der Waals surface area contributed by atoms with E-state index in [9.17, 15) is 9.59 Å². The summed E-state index contributed by atoms with van der Waals surface area (Å²) < 4.78 is 11.4. The summed E-state index contributed by atoms with van der Waals surface area (Å²) in [6.45, 7) is 0. The largest absolute Gasteiger partial charge is 0.478 e. The maximum Gasteiger partial charge on any atom is 0.435 e. The Bertz CT molecular complexity index is 944. The van der Waals surface area contributed by atoms with E-state index in [2.05, 4.69) is 5.10 Å². The number of amides is 1. The molecule has 2 heterocycles. The topological polar surface area (TPSA) is 88.4 Å². The van der Waals surface area contributed by atoms with Crippen molar-refractivity contribution in [3.05, 3.63) is 65.7 Å². The van der Waals surface area contributed by atoms with E-state index in [1.54, 1.807) is 43.4 Å². The van der Waals surface area contributed by atoms with Gasteiger partial charge in [-0.2, -0.15) is 5.10 Å². The fourth-order valence-electron chi connectivity index (χ4n) is 4.42. The van der Waals surface area contributed by atoms with Gasteiger partial charge in [-0.15, -0.1) is 0 Å².